The first-order chi connectivity index (χ1) is 19.1. The van der Waals surface area contributed by atoms with Gasteiger partial charge >= 0.3 is 0 Å². The molecule has 1 heterocycles. The van der Waals surface area contributed by atoms with Crippen LogP contribution in [-0.4, -0.2) is 62.1 Å². The summed E-state index contributed by atoms with van der Waals surface area (Å²) in [6.45, 7) is 9.30. The van der Waals surface area contributed by atoms with Crippen molar-refractivity contribution in [2.45, 2.75) is 64.2 Å². The molecule has 2 aromatic carbocycles. The molecule has 4 atom stereocenters. The van der Waals surface area contributed by atoms with Gasteiger partial charge in [-0.05, 0) is 67.9 Å². The van der Waals surface area contributed by atoms with Gasteiger partial charge in [0.25, 0.3) is 0 Å². The van der Waals surface area contributed by atoms with Crippen LogP contribution in [0.3, 0.4) is 0 Å². The highest BCUT2D eigenvalue weighted by Gasteiger charge is 2.34. The first-order valence-electron chi connectivity index (χ1n) is 14.1. The summed E-state index contributed by atoms with van der Waals surface area (Å²) in [7, 11) is 3.32. The monoisotopic (exact) mass is 589 g/mol. The molecule has 1 aromatic heterocycles. The molecule has 0 aliphatic rings. The Morgan fingerprint density at radius 1 is 1.07 bits per heavy atom. The number of methoxy groups -OCH3 is 2. The van der Waals surface area contributed by atoms with E-state index in [1.165, 1.54) is 0 Å². The van der Waals surface area contributed by atoms with Crippen LogP contribution in [0.2, 0.25) is 0 Å². The van der Waals surface area contributed by atoms with E-state index in [4.69, 9.17) is 19.9 Å². The Morgan fingerprint density at radius 2 is 1.76 bits per heavy atom. The number of H-pyrrole nitrogens is 1. The molecule has 9 heteroatoms. The van der Waals surface area contributed by atoms with Crippen molar-refractivity contribution in [3.8, 4) is 5.75 Å². The summed E-state index contributed by atoms with van der Waals surface area (Å²) in [5.74, 6) is 0.894. The summed E-state index contributed by atoms with van der Waals surface area (Å²) in [6, 6.07) is 15.3. The lowest BCUT2D eigenvalue weighted by atomic mass is 9.80. The third kappa shape index (κ3) is 8.93. The van der Waals surface area contributed by atoms with Crippen molar-refractivity contribution in [2.75, 3.05) is 34.0 Å². The van der Waals surface area contributed by atoms with Gasteiger partial charge < -0.3 is 35.4 Å². The predicted octanol–water partition coefficient (Wildman–Crippen LogP) is 5.14. The standard InChI is InChI=1S/C32H47N3O5.ClH/c1-21(2)25(30(40-17-9-16-38-5)22-12-14-23(39-6)15-13-22)18-27(33)29(36)20-35-31(37)32(3,4)26-19-34-28-11-8-7-10-24(26)28;/h7-8,10-15,19,21,25,27,29-30,34,36H,9,16-18,20,33H2,1-6H3,(H,35,37);1H/t25-,27-,29-,30?;/m0./s1. The highest BCUT2D eigenvalue weighted by molar-refractivity contribution is 5.94. The van der Waals surface area contributed by atoms with Crippen LogP contribution in [0, 0.1) is 11.8 Å². The number of fused-ring (bicyclic) bond motifs is 1. The summed E-state index contributed by atoms with van der Waals surface area (Å²) in [5.41, 5.74) is 8.69. The van der Waals surface area contributed by atoms with Gasteiger partial charge in [-0.15, -0.1) is 12.4 Å². The SMILES string of the molecule is COCCCOC(c1ccc(OC)cc1)[C@@H](C[C@H](N)[C@@H](O)CNC(=O)C(C)(C)c1c[nH]c2ccccc12)C(C)C.Cl. The lowest BCUT2D eigenvalue weighted by molar-refractivity contribution is -0.126. The number of carbonyl (C=O) groups excluding carboxylic acids is 1. The number of hydrogen-bond acceptors (Lipinski definition) is 6. The molecule has 228 valence electrons. The Hall–Kier alpha value is -2.62. The van der Waals surface area contributed by atoms with Crippen LogP contribution in [0.15, 0.2) is 54.7 Å². The highest BCUT2D eigenvalue weighted by atomic mass is 35.5. The quantitative estimate of drug-likeness (QED) is 0.172. The van der Waals surface area contributed by atoms with Crippen LogP contribution < -0.4 is 15.8 Å². The fourth-order valence-corrected chi connectivity index (χ4v) is 5.17. The van der Waals surface area contributed by atoms with Gasteiger partial charge in [-0.2, -0.15) is 0 Å². The number of nitrogens with two attached hydrogens (primary N) is 1. The van der Waals surface area contributed by atoms with Crippen LogP contribution in [0.4, 0.5) is 0 Å². The Labute approximate surface area is 250 Å². The van der Waals surface area contributed by atoms with Crippen molar-refractivity contribution in [2.24, 2.45) is 17.6 Å². The van der Waals surface area contributed by atoms with Gasteiger partial charge in [0.05, 0.1) is 24.7 Å². The Kier molecular flexibility index (Phi) is 13.6. The third-order valence-corrected chi connectivity index (χ3v) is 7.82. The van der Waals surface area contributed by atoms with E-state index in [1.807, 2.05) is 68.6 Å². The fourth-order valence-electron chi connectivity index (χ4n) is 5.17. The molecular weight excluding hydrogens is 542 g/mol. The molecule has 0 aliphatic carbocycles. The molecule has 8 nitrogen and oxygen atoms in total. The minimum Gasteiger partial charge on any atom is -0.497 e. The Morgan fingerprint density at radius 3 is 2.39 bits per heavy atom. The van der Waals surface area contributed by atoms with E-state index in [2.05, 4.69) is 24.1 Å². The van der Waals surface area contributed by atoms with E-state index >= 15 is 0 Å². The summed E-state index contributed by atoms with van der Waals surface area (Å²) in [4.78, 5) is 16.5. The third-order valence-electron chi connectivity index (χ3n) is 7.82. The molecule has 0 saturated carbocycles. The number of aromatic nitrogens is 1. The van der Waals surface area contributed by atoms with Gasteiger partial charge in [-0.1, -0.05) is 44.2 Å². The highest BCUT2D eigenvalue weighted by Crippen LogP contribution is 2.36. The van der Waals surface area contributed by atoms with Gasteiger partial charge in [0.1, 0.15) is 5.75 Å². The molecule has 5 N–H and O–H groups in total. The summed E-state index contributed by atoms with van der Waals surface area (Å²) < 4.78 is 16.9. The molecular formula is C32H48ClN3O5. The number of rotatable bonds is 16. The van der Waals surface area contributed by atoms with E-state index in [-0.39, 0.29) is 42.8 Å². The second-order valence-corrected chi connectivity index (χ2v) is 11.4. The van der Waals surface area contributed by atoms with Crippen LogP contribution in [0.1, 0.15) is 57.8 Å². The number of hydrogen-bond donors (Lipinski definition) is 4. The number of aliphatic hydroxyl groups is 1. The fraction of sp³-hybridized carbons (Fsp3) is 0.531. The molecule has 0 spiro atoms. The Balaban J connectivity index is 0.00000588. The van der Waals surface area contributed by atoms with Crippen molar-refractivity contribution in [3.05, 3.63) is 65.9 Å². The molecule has 3 rings (SSSR count). The molecule has 41 heavy (non-hydrogen) atoms. The number of aromatic amines is 1. The second-order valence-electron chi connectivity index (χ2n) is 11.4. The summed E-state index contributed by atoms with van der Waals surface area (Å²) in [6.07, 6.45) is 2.07. The normalized spacial score (nSPS) is 14.8. The van der Waals surface area contributed by atoms with Crippen LogP contribution >= 0.6 is 12.4 Å². The zero-order chi connectivity index (χ0) is 29.3. The predicted molar refractivity (Wildman–Crippen MR) is 167 cm³/mol. The molecule has 0 saturated heterocycles. The number of ether oxygens (including phenoxy) is 3. The van der Waals surface area contributed by atoms with E-state index in [9.17, 15) is 9.90 Å². The minimum atomic E-state index is -0.908. The average molecular weight is 590 g/mol. The van der Waals surface area contributed by atoms with Crippen molar-refractivity contribution in [3.63, 3.8) is 0 Å². The Bertz CT molecular complexity index is 1200. The van der Waals surface area contributed by atoms with Gasteiger partial charge in [0.15, 0.2) is 0 Å². The zero-order valence-electron chi connectivity index (χ0n) is 25.2. The van der Waals surface area contributed by atoms with Crippen molar-refractivity contribution >= 4 is 29.2 Å². The molecule has 0 fully saturated rings. The van der Waals surface area contributed by atoms with E-state index in [1.54, 1.807) is 14.2 Å². The van der Waals surface area contributed by atoms with E-state index in [0.717, 1.165) is 34.2 Å². The smallest absolute Gasteiger partial charge is 0.230 e. The number of benzene rings is 2. The van der Waals surface area contributed by atoms with Crippen molar-refractivity contribution in [1.82, 2.24) is 10.3 Å². The number of aliphatic hydroxyl groups excluding tert-OH is 1. The summed E-state index contributed by atoms with van der Waals surface area (Å²) >= 11 is 0. The van der Waals surface area contributed by atoms with Gasteiger partial charge in [0, 0.05) is 50.0 Å². The van der Waals surface area contributed by atoms with Crippen molar-refractivity contribution in [1.29, 1.82) is 0 Å². The number of carbonyl (C=O) groups is 1. The molecule has 0 bridgehead atoms. The maximum atomic E-state index is 13.3. The molecule has 1 amide bonds. The lowest BCUT2D eigenvalue weighted by Crippen LogP contribution is -2.48. The van der Waals surface area contributed by atoms with Crippen LogP contribution in [0.5, 0.6) is 5.75 Å². The maximum Gasteiger partial charge on any atom is 0.230 e. The van der Waals surface area contributed by atoms with Crippen LogP contribution in [0.25, 0.3) is 10.9 Å². The number of halogens is 1. The van der Waals surface area contributed by atoms with Crippen LogP contribution in [-0.2, 0) is 19.7 Å². The van der Waals surface area contributed by atoms with Gasteiger partial charge in [0.2, 0.25) is 5.91 Å². The molecule has 3 aromatic rings. The first-order valence-corrected chi connectivity index (χ1v) is 14.1. The second kappa shape index (κ2) is 16.1. The van der Waals surface area contributed by atoms with E-state index in [0.29, 0.717) is 19.6 Å². The zero-order valence-corrected chi connectivity index (χ0v) is 26.0. The first kappa shape index (κ1) is 34.6. The number of para-hydroxylation sites is 1. The molecule has 0 radical (unpaired) electrons. The van der Waals surface area contributed by atoms with Crippen molar-refractivity contribution < 1.29 is 24.1 Å². The average Bonchev–Trinajstić information content (AvgIpc) is 3.40. The number of nitrogens with one attached hydrogen (secondary N) is 2. The van der Waals surface area contributed by atoms with Gasteiger partial charge in [-0.3, -0.25) is 4.79 Å². The molecule has 0 aliphatic heterocycles. The minimum absolute atomic E-state index is 0. The van der Waals surface area contributed by atoms with Gasteiger partial charge in [-0.25, -0.2) is 0 Å². The largest absolute Gasteiger partial charge is 0.497 e. The summed E-state index contributed by atoms with van der Waals surface area (Å²) in [5, 5.41) is 15.0. The number of amides is 1. The topological polar surface area (TPSA) is 119 Å². The lowest BCUT2D eigenvalue weighted by Gasteiger charge is -2.34. The maximum absolute atomic E-state index is 13.3. The van der Waals surface area contributed by atoms with E-state index < -0.39 is 17.6 Å². The molecule has 1 unspecified atom stereocenters.